The van der Waals surface area contributed by atoms with Crippen molar-refractivity contribution in [2.75, 3.05) is 13.2 Å². The lowest BCUT2D eigenvalue weighted by molar-refractivity contribution is -0.121. The lowest BCUT2D eigenvalue weighted by atomic mass is 10.0. The molecule has 1 unspecified atom stereocenters. The van der Waals surface area contributed by atoms with E-state index in [1.54, 1.807) is 0 Å². The maximum Gasteiger partial charge on any atom is 0.222 e. The monoisotopic (exact) mass is 362 g/mol. The van der Waals surface area contributed by atoms with Crippen molar-refractivity contribution in [3.8, 4) is 5.75 Å². The van der Waals surface area contributed by atoms with Gasteiger partial charge < -0.3 is 15.8 Å². The van der Waals surface area contributed by atoms with E-state index in [4.69, 9.17) is 10.5 Å². The Morgan fingerprint density at radius 2 is 1.68 bits per heavy atom. The molecule has 25 heavy (non-hydrogen) atoms. The summed E-state index contributed by atoms with van der Waals surface area (Å²) in [4.78, 5) is 11.9. The van der Waals surface area contributed by atoms with Crippen LogP contribution in [-0.4, -0.2) is 19.1 Å². The van der Waals surface area contributed by atoms with E-state index >= 15 is 0 Å². The molecule has 136 valence electrons. The van der Waals surface area contributed by atoms with Crippen molar-refractivity contribution in [1.82, 2.24) is 5.32 Å². The number of hydrogen-bond donors (Lipinski definition) is 2. The minimum Gasteiger partial charge on any atom is -0.492 e. The number of ether oxygens (including phenoxy) is 1. The molecule has 0 aromatic heterocycles. The number of carbonyl (C=O) groups excluding carboxylic acids is 1. The number of halogens is 1. The first-order chi connectivity index (χ1) is 11.6. The van der Waals surface area contributed by atoms with Gasteiger partial charge in [0, 0.05) is 12.5 Å². The van der Waals surface area contributed by atoms with Gasteiger partial charge in [0.2, 0.25) is 5.91 Å². The maximum absolute atomic E-state index is 11.9. The Labute approximate surface area is 156 Å². The van der Waals surface area contributed by atoms with Gasteiger partial charge in [0.15, 0.2) is 0 Å². The van der Waals surface area contributed by atoms with E-state index in [9.17, 15) is 4.79 Å². The number of rotatable bonds is 8. The Morgan fingerprint density at radius 3 is 2.28 bits per heavy atom. The third kappa shape index (κ3) is 7.16. The van der Waals surface area contributed by atoms with Gasteiger partial charge in [-0.2, -0.15) is 0 Å². The summed E-state index contributed by atoms with van der Waals surface area (Å²) in [5.41, 5.74) is 8.29. The van der Waals surface area contributed by atoms with Crippen molar-refractivity contribution in [3.63, 3.8) is 0 Å². The van der Waals surface area contributed by atoms with E-state index in [1.807, 2.05) is 42.5 Å². The van der Waals surface area contributed by atoms with Gasteiger partial charge in [0.1, 0.15) is 12.4 Å². The Balaban J connectivity index is 0.00000312. The van der Waals surface area contributed by atoms with Gasteiger partial charge in [-0.3, -0.25) is 4.79 Å². The minimum absolute atomic E-state index is 0. The van der Waals surface area contributed by atoms with Gasteiger partial charge in [-0.25, -0.2) is 0 Å². The first-order valence-electron chi connectivity index (χ1n) is 8.36. The molecular formula is C20H27ClN2O2. The quantitative estimate of drug-likeness (QED) is 0.702. The molecule has 0 saturated carbocycles. The lowest BCUT2D eigenvalue weighted by Crippen LogP contribution is -2.30. The molecule has 4 nitrogen and oxygen atoms in total. The van der Waals surface area contributed by atoms with Gasteiger partial charge in [0.25, 0.3) is 0 Å². The Hall–Kier alpha value is -2.04. The van der Waals surface area contributed by atoms with Crippen molar-refractivity contribution in [2.24, 2.45) is 5.73 Å². The van der Waals surface area contributed by atoms with Crippen molar-refractivity contribution in [3.05, 3.63) is 65.7 Å². The summed E-state index contributed by atoms with van der Waals surface area (Å²) in [5.74, 6) is 1.26. The summed E-state index contributed by atoms with van der Waals surface area (Å²) < 4.78 is 5.63. The van der Waals surface area contributed by atoms with Crippen LogP contribution in [0.1, 0.15) is 43.4 Å². The molecule has 3 N–H and O–H groups in total. The molecule has 0 fully saturated rings. The molecule has 5 heteroatoms. The molecule has 0 aliphatic rings. The average Bonchev–Trinajstić information content (AvgIpc) is 2.60. The Morgan fingerprint density at radius 1 is 1.04 bits per heavy atom. The summed E-state index contributed by atoms with van der Waals surface area (Å²) in [6, 6.07) is 17.4. The highest BCUT2D eigenvalue weighted by atomic mass is 35.5. The van der Waals surface area contributed by atoms with E-state index in [-0.39, 0.29) is 30.8 Å². The van der Waals surface area contributed by atoms with Crippen LogP contribution in [0.25, 0.3) is 0 Å². The van der Waals surface area contributed by atoms with Crippen LogP contribution in [-0.2, 0) is 4.79 Å². The average molecular weight is 363 g/mol. The standard InChI is InChI=1S/C20H26N2O2.ClH/c1-15(2)16-8-10-18(11-9-16)24-13-12-22-20(23)14-19(21)17-6-4-3-5-7-17;/h3-11,15,19H,12-14,21H2,1-2H3,(H,22,23);1H. The van der Waals surface area contributed by atoms with E-state index in [0.29, 0.717) is 19.1 Å². The van der Waals surface area contributed by atoms with Crippen LogP contribution in [0.2, 0.25) is 0 Å². The highest BCUT2D eigenvalue weighted by Crippen LogP contribution is 2.18. The van der Waals surface area contributed by atoms with E-state index in [2.05, 4.69) is 31.3 Å². The van der Waals surface area contributed by atoms with Crippen LogP contribution in [0.15, 0.2) is 54.6 Å². The molecule has 2 rings (SSSR count). The lowest BCUT2D eigenvalue weighted by Gasteiger charge is -2.13. The predicted molar refractivity (Wildman–Crippen MR) is 104 cm³/mol. The molecule has 2 aromatic carbocycles. The number of hydrogen-bond acceptors (Lipinski definition) is 3. The number of nitrogens with two attached hydrogens (primary N) is 1. The van der Waals surface area contributed by atoms with Crippen molar-refractivity contribution in [1.29, 1.82) is 0 Å². The van der Waals surface area contributed by atoms with Crippen LogP contribution >= 0.6 is 12.4 Å². The summed E-state index contributed by atoms with van der Waals surface area (Å²) in [7, 11) is 0. The zero-order valence-electron chi connectivity index (χ0n) is 14.8. The van der Waals surface area contributed by atoms with Crippen LogP contribution in [0, 0.1) is 0 Å². The fourth-order valence-electron chi connectivity index (χ4n) is 2.40. The molecule has 0 spiro atoms. The predicted octanol–water partition coefficient (Wildman–Crippen LogP) is 3.82. The molecule has 0 aliphatic heterocycles. The second-order valence-corrected chi connectivity index (χ2v) is 6.14. The second kappa shape index (κ2) is 10.7. The summed E-state index contributed by atoms with van der Waals surface area (Å²) in [6.45, 7) is 5.22. The molecule has 0 bridgehead atoms. The molecule has 2 aromatic rings. The number of carbonyl (C=O) groups is 1. The molecule has 0 heterocycles. The minimum atomic E-state index is -0.282. The van der Waals surface area contributed by atoms with Gasteiger partial charge in [-0.15, -0.1) is 12.4 Å². The van der Waals surface area contributed by atoms with Gasteiger partial charge in [0.05, 0.1) is 6.54 Å². The third-order valence-electron chi connectivity index (χ3n) is 3.87. The molecule has 0 radical (unpaired) electrons. The molecular weight excluding hydrogens is 336 g/mol. The van der Waals surface area contributed by atoms with Crippen LogP contribution in [0.5, 0.6) is 5.75 Å². The molecule has 0 saturated heterocycles. The molecule has 1 amide bonds. The fraction of sp³-hybridized carbons (Fsp3) is 0.350. The third-order valence-corrected chi connectivity index (χ3v) is 3.87. The summed E-state index contributed by atoms with van der Waals surface area (Å²) in [5, 5.41) is 2.84. The van der Waals surface area contributed by atoms with Crippen LogP contribution in [0.3, 0.4) is 0 Å². The van der Waals surface area contributed by atoms with Crippen LogP contribution < -0.4 is 15.8 Å². The second-order valence-electron chi connectivity index (χ2n) is 6.14. The van der Waals surface area contributed by atoms with Gasteiger partial charge in [-0.1, -0.05) is 56.3 Å². The van der Waals surface area contributed by atoms with Crippen LogP contribution in [0.4, 0.5) is 0 Å². The van der Waals surface area contributed by atoms with E-state index in [1.165, 1.54) is 5.56 Å². The summed E-state index contributed by atoms with van der Waals surface area (Å²) >= 11 is 0. The van der Waals surface area contributed by atoms with E-state index in [0.717, 1.165) is 11.3 Å². The van der Waals surface area contributed by atoms with Crippen molar-refractivity contribution >= 4 is 18.3 Å². The Bertz CT molecular complexity index is 630. The largest absolute Gasteiger partial charge is 0.492 e. The van der Waals surface area contributed by atoms with E-state index < -0.39 is 0 Å². The highest BCUT2D eigenvalue weighted by molar-refractivity contribution is 5.85. The topological polar surface area (TPSA) is 64.3 Å². The van der Waals surface area contributed by atoms with Gasteiger partial charge in [-0.05, 0) is 29.2 Å². The number of nitrogens with one attached hydrogen (secondary N) is 1. The highest BCUT2D eigenvalue weighted by Gasteiger charge is 2.10. The first-order valence-corrected chi connectivity index (χ1v) is 8.36. The van der Waals surface area contributed by atoms with Crippen molar-refractivity contribution < 1.29 is 9.53 Å². The molecule has 0 aliphatic carbocycles. The zero-order chi connectivity index (χ0) is 17.4. The number of benzene rings is 2. The Kier molecular flexibility index (Phi) is 9.03. The zero-order valence-corrected chi connectivity index (χ0v) is 15.6. The fourth-order valence-corrected chi connectivity index (χ4v) is 2.40. The summed E-state index contributed by atoms with van der Waals surface area (Å²) in [6.07, 6.45) is 0.271. The maximum atomic E-state index is 11.9. The number of amides is 1. The molecule has 1 atom stereocenters. The van der Waals surface area contributed by atoms with Crippen molar-refractivity contribution in [2.45, 2.75) is 32.2 Å². The normalized spacial score (nSPS) is 11.5. The SMILES string of the molecule is CC(C)c1ccc(OCCNC(=O)CC(N)c2ccccc2)cc1.Cl. The van der Waals surface area contributed by atoms with Gasteiger partial charge >= 0.3 is 0 Å². The smallest absolute Gasteiger partial charge is 0.222 e. The first kappa shape index (κ1) is 21.0.